The Labute approximate surface area is 180 Å². The Morgan fingerprint density at radius 1 is 1.10 bits per heavy atom. The van der Waals surface area contributed by atoms with E-state index in [0.717, 1.165) is 0 Å². The van der Waals surface area contributed by atoms with Crippen LogP contribution in [0.2, 0.25) is 10.0 Å². The molecule has 2 rings (SSSR count). The van der Waals surface area contributed by atoms with Crippen LogP contribution in [0.5, 0.6) is 11.5 Å². The van der Waals surface area contributed by atoms with Gasteiger partial charge in [0, 0.05) is 13.1 Å². The lowest BCUT2D eigenvalue weighted by molar-refractivity contribution is -0.118. The zero-order chi connectivity index (χ0) is 21.6. The number of methoxy groups -OCH3 is 1. The molecular weight excluding hydrogens is 439 g/mol. The molecule has 158 valence electrons. The first-order valence-corrected chi connectivity index (χ1v) is 11.0. The van der Waals surface area contributed by atoms with E-state index < -0.39 is 15.9 Å². The van der Waals surface area contributed by atoms with Gasteiger partial charge in [-0.05, 0) is 30.3 Å². The molecule has 0 saturated heterocycles. The molecule has 0 aliphatic carbocycles. The molecule has 0 atom stereocenters. The minimum atomic E-state index is -3.69. The van der Waals surface area contributed by atoms with Gasteiger partial charge in [0.15, 0.2) is 6.61 Å². The number of hydrogen-bond donors (Lipinski definition) is 1. The molecule has 7 nitrogen and oxygen atoms in total. The Hall–Kier alpha value is -2.00. The fourth-order valence-electron chi connectivity index (χ4n) is 2.58. The van der Waals surface area contributed by atoms with Gasteiger partial charge in [0.05, 0.1) is 22.7 Å². The predicted molar refractivity (Wildman–Crippen MR) is 114 cm³/mol. The van der Waals surface area contributed by atoms with E-state index >= 15 is 0 Å². The van der Waals surface area contributed by atoms with Gasteiger partial charge >= 0.3 is 0 Å². The van der Waals surface area contributed by atoms with Gasteiger partial charge < -0.3 is 14.8 Å². The highest BCUT2D eigenvalue weighted by atomic mass is 35.5. The van der Waals surface area contributed by atoms with E-state index in [1.165, 1.54) is 29.6 Å². The van der Waals surface area contributed by atoms with Gasteiger partial charge in [-0.3, -0.25) is 4.79 Å². The molecule has 2 aromatic carbocycles. The van der Waals surface area contributed by atoms with Crippen LogP contribution in [0.1, 0.15) is 13.8 Å². The standard InChI is InChI=1S/C19H22Cl2N2O5S/c1-4-23(5-2)29(25,26)13-9-10-16(27-3)15(11-13)22-18(24)12-28-17-8-6-7-14(20)19(17)21/h6-11H,4-5,12H2,1-3H3,(H,22,24). The molecule has 2 aromatic rings. The normalized spacial score (nSPS) is 11.4. The number of nitrogens with one attached hydrogen (secondary N) is 1. The maximum atomic E-state index is 12.7. The van der Waals surface area contributed by atoms with E-state index in [2.05, 4.69) is 5.32 Å². The van der Waals surface area contributed by atoms with E-state index in [4.69, 9.17) is 32.7 Å². The third-order valence-corrected chi connectivity index (χ3v) is 6.91. The van der Waals surface area contributed by atoms with E-state index in [1.807, 2.05) is 0 Å². The molecule has 10 heteroatoms. The van der Waals surface area contributed by atoms with Crippen LogP contribution in [-0.4, -0.2) is 45.4 Å². The third kappa shape index (κ3) is 5.54. The van der Waals surface area contributed by atoms with E-state index in [0.29, 0.717) is 23.9 Å². The summed E-state index contributed by atoms with van der Waals surface area (Å²) in [6.07, 6.45) is 0. The number of hydrogen-bond acceptors (Lipinski definition) is 5. The highest BCUT2D eigenvalue weighted by Gasteiger charge is 2.23. The number of amides is 1. The smallest absolute Gasteiger partial charge is 0.262 e. The van der Waals surface area contributed by atoms with E-state index in [9.17, 15) is 13.2 Å². The van der Waals surface area contributed by atoms with Crippen LogP contribution in [0.25, 0.3) is 0 Å². The quantitative estimate of drug-likeness (QED) is 0.609. The Kier molecular flexibility index (Phi) is 8.15. The molecule has 29 heavy (non-hydrogen) atoms. The number of benzene rings is 2. The number of carbonyl (C=O) groups excluding carboxylic acids is 1. The summed E-state index contributed by atoms with van der Waals surface area (Å²) < 4.78 is 37.4. The average Bonchev–Trinajstić information content (AvgIpc) is 2.69. The molecule has 0 aliphatic rings. The fraction of sp³-hybridized carbons (Fsp3) is 0.316. The molecule has 0 spiro atoms. The lowest BCUT2D eigenvalue weighted by Crippen LogP contribution is -2.30. The van der Waals surface area contributed by atoms with Gasteiger partial charge in [-0.1, -0.05) is 43.1 Å². The second kappa shape index (κ2) is 10.2. The Bertz CT molecular complexity index is 979. The lowest BCUT2D eigenvalue weighted by Gasteiger charge is -2.19. The van der Waals surface area contributed by atoms with Crippen LogP contribution < -0.4 is 14.8 Å². The van der Waals surface area contributed by atoms with Crippen LogP contribution in [-0.2, 0) is 14.8 Å². The molecule has 1 N–H and O–H groups in total. The molecule has 1 amide bonds. The second-order valence-corrected chi connectivity index (χ2v) is 8.56. The van der Waals surface area contributed by atoms with Crippen molar-refractivity contribution < 1.29 is 22.7 Å². The number of nitrogens with zero attached hydrogens (tertiary/aromatic N) is 1. The van der Waals surface area contributed by atoms with Crippen molar-refractivity contribution >= 4 is 44.8 Å². The van der Waals surface area contributed by atoms with Crippen molar-refractivity contribution in [2.45, 2.75) is 18.7 Å². The molecule has 0 saturated carbocycles. The fourth-order valence-corrected chi connectivity index (χ4v) is 4.41. The number of halogens is 2. The lowest BCUT2D eigenvalue weighted by atomic mass is 10.3. The van der Waals surface area contributed by atoms with Crippen LogP contribution in [0.15, 0.2) is 41.3 Å². The minimum Gasteiger partial charge on any atom is -0.495 e. The summed E-state index contributed by atoms with van der Waals surface area (Å²) in [5, 5.41) is 3.11. The average molecular weight is 461 g/mol. The SMILES string of the molecule is CCN(CC)S(=O)(=O)c1ccc(OC)c(NC(=O)COc2cccc(Cl)c2Cl)c1. The maximum Gasteiger partial charge on any atom is 0.262 e. The van der Waals surface area contributed by atoms with Crippen molar-refractivity contribution in [2.75, 3.05) is 32.1 Å². The molecule has 0 aromatic heterocycles. The van der Waals surface area contributed by atoms with Gasteiger partial charge in [-0.15, -0.1) is 0 Å². The highest BCUT2D eigenvalue weighted by Crippen LogP contribution is 2.32. The first kappa shape index (κ1) is 23.3. The summed E-state index contributed by atoms with van der Waals surface area (Å²) in [5.74, 6) is 0.0634. The van der Waals surface area contributed by atoms with Gasteiger partial charge in [0.1, 0.15) is 16.5 Å². The summed E-state index contributed by atoms with van der Waals surface area (Å²) in [4.78, 5) is 12.4. The van der Waals surface area contributed by atoms with Crippen LogP contribution in [0, 0.1) is 0 Å². The summed E-state index contributed by atoms with van der Waals surface area (Å²) in [5.41, 5.74) is 0.214. The number of anilines is 1. The van der Waals surface area contributed by atoms with Gasteiger partial charge in [0.2, 0.25) is 10.0 Å². The molecule has 0 aliphatic heterocycles. The number of rotatable bonds is 9. The third-order valence-electron chi connectivity index (χ3n) is 4.06. The monoisotopic (exact) mass is 460 g/mol. The van der Waals surface area contributed by atoms with Gasteiger partial charge in [0.25, 0.3) is 5.91 Å². The number of ether oxygens (including phenoxy) is 2. The van der Waals surface area contributed by atoms with Crippen molar-refractivity contribution in [3.63, 3.8) is 0 Å². The molecule has 0 heterocycles. The second-order valence-electron chi connectivity index (χ2n) is 5.84. The van der Waals surface area contributed by atoms with Crippen molar-refractivity contribution in [1.29, 1.82) is 0 Å². The van der Waals surface area contributed by atoms with Gasteiger partial charge in [-0.2, -0.15) is 4.31 Å². The van der Waals surface area contributed by atoms with Crippen molar-refractivity contribution in [3.05, 3.63) is 46.4 Å². The zero-order valence-electron chi connectivity index (χ0n) is 16.2. The Balaban J connectivity index is 2.20. The topological polar surface area (TPSA) is 84.9 Å². The van der Waals surface area contributed by atoms with Crippen molar-refractivity contribution in [3.8, 4) is 11.5 Å². The molecule has 0 bridgehead atoms. The van der Waals surface area contributed by atoms with E-state index in [1.54, 1.807) is 32.0 Å². The Morgan fingerprint density at radius 2 is 1.79 bits per heavy atom. The molecule has 0 unspecified atom stereocenters. The largest absolute Gasteiger partial charge is 0.495 e. The summed E-state index contributed by atoms with van der Waals surface area (Å²) in [6.45, 7) is 3.83. The predicted octanol–water partition coefficient (Wildman–Crippen LogP) is 4.05. The van der Waals surface area contributed by atoms with Crippen molar-refractivity contribution in [1.82, 2.24) is 4.31 Å². The number of sulfonamides is 1. The van der Waals surface area contributed by atoms with E-state index in [-0.39, 0.29) is 28.0 Å². The van der Waals surface area contributed by atoms with Crippen LogP contribution in [0.3, 0.4) is 0 Å². The first-order valence-electron chi connectivity index (χ1n) is 8.79. The summed E-state index contributed by atoms with van der Waals surface area (Å²) in [6, 6.07) is 9.11. The van der Waals surface area contributed by atoms with Crippen molar-refractivity contribution in [2.24, 2.45) is 0 Å². The first-order chi connectivity index (χ1) is 13.7. The van der Waals surface area contributed by atoms with Crippen LogP contribution in [0.4, 0.5) is 5.69 Å². The molecular formula is C19H22Cl2N2O5S. The maximum absolute atomic E-state index is 12.7. The Morgan fingerprint density at radius 3 is 2.41 bits per heavy atom. The van der Waals surface area contributed by atoms with Gasteiger partial charge in [-0.25, -0.2) is 8.42 Å². The number of carbonyl (C=O) groups is 1. The van der Waals surface area contributed by atoms with Crippen LogP contribution >= 0.6 is 23.2 Å². The zero-order valence-corrected chi connectivity index (χ0v) is 18.6. The summed E-state index contributed by atoms with van der Waals surface area (Å²) in [7, 11) is -2.26. The highest BCUT2D eigenvalue weighted by molar-refractivity contribution is 7.89. The molecule has 0 radical (unpaired) electrons. The summed E-state index contributed by atoms with van der Waals surface area (Å²) >= 11 is 12.0. The minimum absolute atomic E-state index is 0.0519. The molecule has 0 fully saturated rings.